The number of Topliss-reactive ketones (excluding diaryl/α,β-unsaturated/α-hetero) is 1. The van der Waals surface area contributed by atoms with E-state index in [1.54, 1.807) is 6.08 Å². The number of carbonyl (C=O) groups excluding carboxylic acids is 1. The maximum atomic E-state index is 11.2. The van der Waals surface area contributed by atoms with Crippen LogP contribution in [-0.2, 0) is 0 Å². The van der Waals surface area contributed by atoms with Gasteiger partial charge in [-0.2, -0.15) is 0 Å². The molecule has 1 rings (SSSR count). The minimum atomic E-state index is 0.186. The summed E-state index contributed by atoms with van der Waals surface area (Å²) in [6.07, 6.45) is 2.33. The third-order valence-corrected chi connectivity index (χ3v) is 1.79. The lowest BCUT2D eigenvalue weighted by molar-refractivity contribution is 0.0988. The first-order valence-electron chi connectivity index (χ1n) is 4.03. The van der Waals surface area contributed by atoms with E-state index < -0.39 is 0 Å². The summed E-state index contributed by atoms with van der Waals surface area (Å²) >= 11 is 0. The molecule has 0 saturated heterocycles. The Bertz CT molecular complexity index is 282. The third kappa shape index (κ3) is 1.82. The molecule has 0 aliphatic carbocycles. The van der Waals surface area contributed by atoms with Crippen molar-refractivity contribution >= 4 is 11.9 Å². The summed E-state index contributed by atoms with van der Waals surface area (Å²) in [7, 11) is 0. The number of hydrogen-bond acceptors (Lipinski definition) is 1. The SMILES string of the molecule is C=Cc1ccc(C(=O)CC)cc1. The average molecular weight is 160 g/mol. The molecule has 1 aromatic carbocycles. The molecule has 0 aliphatic heterocycles. The van der Waals surface area contributed by atoms with E-state index >= 15 is 0 Å². The topological polar surface area (TPSA) is 17.1 Å². The fourth-order valence-electron chi connectivity index (χ4n) is 1.01. The Morgan fingerprint density at radius 2 is 2.00 bits per heavy atom. The normalized spacial score (nSPS) is 9.42. The van der Waals surface area contributed by atoms with Crippen molar-refractivity contribution in [2.75, 3.05) is 0 Å². The van der Waals surface area contributed by atoms with Crippen LogP contribution in [0.3, 0.4) is 0 Å². The minimum Gasteiger partial charge on any atom is -0.294 e. The van der Waals surface area contributed by atoms with Crippen LogP contribution < -0.4 is 0 Å². The molecule has 0 fully saturated rings. The van der Waals surface area contributed by atoms with Crippen LogP contribution in [0.15, 0.2) is 30.8 Å². The summed E-state index contributed by atoms with van der Waals surface area (Å²) in [5.41, 5.74) is 1.82. The van der Waals surface area contributed by atoms with E-state index in [0.717, 1.165) is 11.1 Å². The summed E-state index contributed by atoms with van der Waals surface area (Å²) in [5, 5.41) is 0. The van der Waals surface area contributed by atoms with Gasteiger partial charge in [0.1, 0.15) is 0 Å². The quantitative estimate of drug-likeness (QED) is 0.621. The zero-order valence-electron chi connectivity index (χ0n) is 7.21. The highest BCUT2D eigenvalue weighted by molar-refractivity contribution is 5.95. The molecule has 0 aliphatic rings. The van der Waals surface area contributed by atoms with Gasteiger partial charge in [0, 0.05) is 12.0 Å². The molecule has 0 aromatic heterocycles. The highest BCUT2D eigenvalue weighted by Crippen LogP contribution is 2.07. The molecule has 0 unspecified atom stereocenters. The molecule has 0 spiro atoms. The van der Waals surface area contributed by atoms with E-state index in [2.05, 4.69) is 6.58 Å². The van der Waals surface area contributed by atoms with Gasteiger partial charge in [-0.25, -0.2) is 0 Å². The largest absolute Gasteiger partial charge is 0.294 e. The van der Waals surface area contributed by atoms with E-state index in [1.165, 1.54) is 0 Å². The Morgan fingerprint density at radius 3 is 2.42 bits per heavy atom. The summed E-state index contributed by atoms with van der Waals surface area (Å²) < 4.78 is 0. The molecule has 0 radical (unpaired) electrons. The maximum absolute atomic E-state index is 11.2. The Kier molecular flexibility index (Phi) is 2.81. The monoisotopic (exact) mass is 160 g/mol. The summed E-state index contributed by atoms with van der Waals surface area (Å²) in [6.45, 7) is 5.51. The van der Waals surface area contributed by atoms with Crippen molar-refractivity contribution in [3.05, 3.63) is 42.0 Å². The van der Waals surface area contributed by atoms with Gasteiger partial charge in [0.15, 0.2) is 5.78 Å². The van der Waals surface area contributed by atoms with Crippen LogP contribution in [0.2, 0.25) is 0 Å². The van der Waals surface area contributed by atoms with Gasteiger partial charge in [-0.05, 0) is 5.56 Å². The molecule has 1 nitrogen and oxygen atoms in total. The van der Waals surface area contributed by atoms with E-state index in [9.17, 15) is 4.79 Å². The van der Waals surface area contributed by atoms with E-state index in [0.29, 0.717) is 6.42 Å². The summed E-state index contributed by atoms with van der Waals surface area (Å²) in [6, 6.07) is 7.47. The second-order valence-corrected chi connectivity index (χ2v) is 2.60. The number of rotatable bonds is 3. The molecule has 1 aromatic rings. The number of carbonyl (C=O) groups is 1. The van der Waals surface area contributed by atoms with Crippen molar-refractivity contribution in [2.24, 2.45) is 0 Å². The Labute approximate surface area is 72.7 Å². The standard InChI is InChI=1S/C11H12O/c1-3-9-5-7-10(8-6-9)11(12)4-2/h3,5-8H,1,4H2,2H3. The Morgan fingerprint density at radius 1 is 1.42 bits per heavy atom. The molecule has 0 atom stereocenters. The van der Waals surface area contributed by atoms with Crippen LogP contribution in [0.4, 0.5) is 0 Å². The summed E-state index contributed by atoms with van der Waals surface area (Å²) in [4.78, 5) is 11.2. The van der Waals surface area contributed by atoms with Gasteiger partial charge in [-0.3, -0.25) is 4.79 Å². The van der Waals surface area contributed by atoms with Gasteiger partial charge in [0.05, 0.1) is 0 Å². The van der Waals surface area contributed by atoms with Crippen molar-refractivity contribution in [2.45, 2.75) is 13.3 Å². The fourth-order valence-corrected chi connectivity index (χ4v) is 1.01. The predicted octanol–water partition coefficient (Wildman–Crippen LogP) is 2.92. The molecular formula is C11H12O. The lowest BCUT2D eigenvalue weighted by atomic mass is 10.1. The molecule has 0 amide bonds. The molecule has 62 valence electrons. The molecule has 1 heteroatoms. The zero-order valence-corrected chi connectivity index (χ0v) is 7.21. The lowest BCUT2D eigenvalue weighted by Gasteiger charge is -1.97. The lowest BCUT2D eigenvalue weighted by Crippen LogP contribution is -1.95. The van der Waals surface area contributed by atoms with Gasteiger partial charge < -0.3 is 0 Å². The van der Waals surface area contributed by atoms with E-state index in [4.69, 9.17) is 0 Å². The van der Waals surface area contributed by atoms with Crippen LogP contribution in [0.5, 0.6) is 0 Å². The van der Waals surface area contributed by atoms with Crippen LogP contribution >= 0.6 is 0 Å². The van der Waals surface area contributed by atoms with Crippen LogP contribution in [0.1, 0.15) is 29.3 Å². The fraction of sp³-hybridized carbons (Fsp3) is 0.182. The first-order valence-corrected chi connectivity index (χ1v) is 4.03. The highest BCUT2D eigenvalue weighted by atomic mass is 16.1. The van der Waals surface area contributed by atoms with E-state index in [-0.39, 0.29) is 5.78 Å². The minimum absolute atomic E-state index is 0.186. The molecule has 0 saturated carbocycles. The van der Waals surface area contributed by atoms with E-state index in [1.807, 2.05) is 31.2 Å². The maximum Gasteiger partial charge on any atom is 0.162 e. The van der Waals surface area contributed by atoms with Crippen LogP contribution in [-0.4, -0.2) is 5.78 Å². The Hall–Kier alpha value is -1.37. The molecule has 0 N–H and O–H groups in total. The van der Waals surface area contributed by atoms with Gasteiger partial charge >= 0.3 is 0 Å². The third-order valence-electron chi connectivity index (χ3n) is 1.79. The molecule has 0 heterocycles. The molecular weight excluding hydrogens is 148 g/mol. The van der Waals surface area contributed by atoms with Crippen molar-refractivity contribution in [3.63, 3.8) is 0 Å². The highest BCUT2D eigenvalue weighted by Gasteiger charge is 2.00. The summed E-state index contributed by atoms with van der Waals surface area (Å²) in [5.74, 6) is 0.186. The predicted molar refractivity (Wildman–Crippen MR) is 51.2 cm³/mol. The molecule has 12 heavy (non-hydrogen) atoms. The van der Waals surface area contributed by atoms with Gasteiger partial charge in [-0.1, -0.05) is 43.8 Å². The van der Waals surface area contributed by atoms with Gasteiger partial charge in [0.25, 0.3) is 0 Å². The van der Waals surface area contributed by atoms with Crippen molar-refractivity contribution in [1.29, 1.82) is 0 Å². The number of ketones is 1. The van der Waals surface area contributed by atoms with Crippen molar-refractivity contribution < 1.29 is 4.79 Å². The first kappa shape index (κ1) is 8.72. The Balaban J connectivity index is 2.91. The average Bonchev–Trinajstić information content (AvgIpc) is 2.17. The number of hydrogen-bond donors (Lipinski definition) is 0. The second kappa shape index (κ2) is 3.86. The second-order valence-electron chi connectivity index (χ2n) is 2.60. The molecule has 0 bridgehead atoms. The number of benzene rings is 1. The first-order chi connectivity index (χ1) is 5.77. The smallest absolute Gasteiger partial charge is 0.162 e. The van der Waals surface area contributed by atoms with Gasteiger partial charge in [0.2, 0.25) is 0 Å². The van der Waals surface area contributed by atoms with Crippen LogP contribution in [0.25, 0.3) is 6.08 Å². The van der Waals surface area contributed by atoms with Crippen LogP contribution in [0, 0.1) is 0 Å². The van der Waals surface area contributed by atoms with Crippen molar-refractivity contribution in [1.82, 2.24) is 0 Å². The van der Waals surface area contributed by atoms with Crippen molar-refractivity contribution in [3.8, 4) is 0 Å². The van der Waals surface area contributed by atoms with Gasteiger partial charge in [-0.15, -0.1) is 0 Å². The zero-order chi connectivity index (χ0) is 8.97.